The molecule has 3 rings (SSSR count). The number of nitrogens with one attached hydrogen (secondary N) is 1. The number of benzene rings is 2. The number of alkyl carbamates (subject to hydrolysis) is 1. The van der Waals surface area contributed by atoms with Crippen LogP contribution < -0.4 is 5.32 Å². The van der Waals surface area contributed by atoms with E-state index in [-0.39, 0.29) is 12.5 Å². The zero-order valence-corrected chi connectivity index (χ0v) is 14.0. The smallest absolute Gasteiger partial charge is 0.409 e. The fourth-order valence-corrected chi connectivity index (χ4v) is 3.21. The normalized spacial score (nSPS) is 14.2. The minimum Gasteiger partial charge on any atom is -0.481 e. The Balaban J connectivity index is 1.71. The van der Waals surface area contributed by atoms with E-state index < -0.39 is 30.7 Å². The molecule has 0 aromatic heterocycles. The third-order valence-electron chi connectivity index (χ3n) is 4.41. The van der Waals surface area contributed by atoms with Crippen LogP contribution in [0.5, 0.6) is 0 Å². The largest absolute Gasteiger partial charge is 0.481 e. The first-order valence-electron chi connectivity index (χ1n) is 8.17. The number of amides is 1. The van der Waals surface area contributed by atoms with E-state index in [4.69, 9.17) is 9.84 Å². The third kappa shape index (κ3) is 4.05. The van der Waals surface area contributed by atoms with Gasteiger partial charge in [0.2, 0.25) is 0 Å². The molecule has 0 spiro atoms. The molecule has 0 fully saturated rings. The Morgan fingerprint density at radius 2 is 1.56 bits per heavy atom. The predicted molar refractivity (Wildman–Crippen MR) is 90.3 cm³/mol. The first kappa shape index (κ1) is 18.8. The summed E-state index contributed by atoms with van der Waals surface area (Å²) in [6, 6.07) is 12.5. The van der Waals surface area contributed by atoms with Gasteiger partial charge in [-0.15, -0.1) is 0 Å². The van der Waals surface area contributed by atoms with Crippen molar-refractivity contribution in [2.24, 2.45) is 0 Å². The van der Waals surface area contributed by atoms with Crippen molar-refractivity contribution in [2.45, 2.75) is 24.6 Å². The van der Waals surface area contributed by atoms with Crippen molar-refractivity contribution in [3.8, 4) is 11.1 Å². The number of carbonyl (C=O) groups is 2. The fraction of sp³-hybridized carbons (Fsp3) is 0.263. The second-order valence-electron chi connectivity index (χ2n) is 6.16. The van der Waals surface area contributed by atoms with Crippen molar-refractivity contribution < 1.29 is 32.6 Å². The van der Waals surface area contributed by atoms with Crippen molar-refractivity contribution in [2.75, 3.05) is 6.61 Å². The summed E-state index contributed by atoms with van der Waals surface area (Å²) in [7, 11) is 0. The van der Waals surface area contributed by atoms with Gasteiger partial charge in [-0.3, -0.25) is 4.79 Å². The molecule has 1 amide bonds. The number of fused-ring (bicyclic) bond motifs is 3. The van der Waals surface area contributed by atoms with Gasteiger partial charge in [-0.1, -0.05) is 48.5 Å². The quantitative estimate of drug-likeness (QED) is 0.825. The number of hydrogen-bond acceptors (Lipinski definition) is 3. The summed E-state index contributed by atoms with van der Waals surface area (Å²) in [6.07, 6.45) is -7.46. The van der Waals surface area contributed by atoms with Crippen LogP contribution in [0.15, 0.2) is 48.5 Å². The Labute approximate surface area is 152 Å². The van der Waals surface area contributed by atoms with E-state index in [9.17, 15) is 22.8 Å². The molecule has 1 aliphatic carbocycles. The van der Waals surface area contributed by atoms with Crippen LogP contribution in [-0.4, -0.2) is 36.0 Å². The molecule has 1 aliphatic rings. The summed E-state index contributed by atoms with van der Waals surface area (Å²) >= 11 is 0. The lowest BCUT2D eigenvalue weighted by atomic mass is 9.98. The van der Waals surface area contributed by atoms with Crippen LogP contribution in [0.25, 0.3) is 11.1 Å². The van der Waals surface area contributed by atoms with E-state index in [1.165, 1.54) is 0 Å². The summed E-state index contributed by atoms with van der Waals surface area (Å²) in [5, 5.41) is 10.2. The molecule has 2 aromatic carbocycles. The molecule has 0 heterocycles. The van der Waals surface area contributed by atoms with E-state index in [2.05, 4.69) is 0 Å². The molecule has 0 aliphatic heterocycles. The summed E-state index contributed by atoms with van der Waals surface area (Å²) in [5.41, 5.74) is 3.82. The molecule has 8 heteroatoms. The van der Waals surface area contributed by atoms with Crippen LogP contribution in [0.1, 0.15) is 23.5 Å². The molecule has 0 saturated carbocycles. The summed E-state index contributed by atoms with van der Waals surface area (Å²) < 4.78 is 43.5. The van der Waals surface area contributed by atoms with E-state index in [1.54, 1.807) is 5.32 Å². The molecule has 1 atom stereocenters. The van der Waals surface area contributed by atoms with Crippen molar-refractivity contribution in [3.05, 3.63) is 59.7 Å². The van der Waals surface area contributed by atoms with Gasteiger partial charge in [0.1, 0.15) is 12.6 Å². The number of hydrogen-bond donors (Lipinski definition) is 2. The second-order valence-corrected chi connectivity index (χ2v) is 6.16. The molecule has 0 unspecified atom stereocenters. The molecule has 142 valence electrons. The highest BCUT2D eigenvalue weighted by Gasteiger charge is 2.42. The third-order valence-corrected chi connectivity index (χ3v) is 4.41. The number of carboxylic acid groups (broad SMARTS) is 1. The first-order valence-corrected chi connectivity index (χ1v) is 8.17. The maximum absolute atomic E-state index is 12.8. The van der Waals surface area contributed by atoms with Gasteiger partial charge in [0.25, 0.3) is 0 Å². The van der Waals surface area contributed by atoms with E-state index >= 15 is 0 Å². The van der Waals surface area contributed by atoms with Crippen LogP contribution in [0.4, 0.5) is 18.0 Å². The number of ether oxygens (including phenoxy) is 1. The van der Waals surface area contributed by atoms with Gasteiger partial charge in [-0.2, -0.15) is 13.2 Å². The zero-order valence-electron chi connectivity index (χ0n) is 14.0. The van der Waals surface area contributed by atoms with Gasteiger partial charge in [0, 0.05) is 5.92 Å². The van der Waals surface area contributed by atoms with E-state index in [0.717, 1.165) is 22.3 Å². The van der Waals surface area contributed by atoms with Crippen LogP contribution in [0, 0.1) is 0 Å². The Morgan fingerprint density at radius 1 is 1.04 bits per heavy atom. The minimum atomic E-state index is -4.88. The Morgan fingerprint density at radius 3 is 2.04 bits per heavy atom. The highest BCUT2D eigenvalue weighted by Crippen LogP contribution is 2.44. The maximum atomic E-state index is 12.8. The first-order chi connectivity index (χ1) is 12.8. The Hall–Kier alpha value is -3.03. The van der Waals surface area contributed by atoms with Gasteiger partial charge in [0.15, 0.2) is 0 Å². The van der Waals surface area contributed by atoms with Crippen molar-refractivity contribution >= 4 is 12.1 Å². The molecular weight excluding hydrogens is 363 g/mol. The lowest BCUT2D eigenvalue weighted by Gasteiger charge is -2.20. The van der Waals surface area contributed by atoms with Crippen LogP contribution in [0.3, 0.4) is 0 Å². The van der Waals surface area contributed by atoms with E-state index in [1.807, 2.05) is 48.5 Å². The number of carbonyl (C=O) groups excluding carboxylic acids is 1. The second kappa shape index (κ2) is 7.30. The van der Waals surface area contributed by atoms with Crippen LogP contribution in [0.2, 0.25) is 0 Å². The van der Waals surface area contributed by atoms with Crippen molar-refractivity contribution in [1.29, 1.82) is 0 Å². The molecule has 0 bridgehead atoms. The predicted octanol–water partition coefficient (Wildman–Crippen LogP) is 3.93. The average Bonchev–Trinajstić information content (AvgIpc) is 2.92. The van der Waals surface area contributed by atoms with Gasteiger partial charge >= 0.3 is 18.2 Å². The minimum absolute atomic E-state index is 0.155. The monoisotopic (exact) mass is 379 g/mol. The summed E-state index contributed by atoms with van der Waals surface area (Å²) in [5.74, 6) is -1.97. The van der Waals surface area contributed by atoms with Gasteiger partial charge in [0.05, 0.1) is 6.42 Å². The van der Waals surface area contributed by atoms with Gasteiger partial charge in [-0.05, 0) is 22.3 Å². The highest BCUT2D eigenvalue weighted by molar-refractivity contribution is 5.79. The molecular formula is C19H16F3NO4. The number of rotatable bonds is 5. The molecule has 27 heavy (non-hydrogen) atoms. The van der Waals surface area contributed by atoms with Crippen LogP contribution >= 0.6 is 0 Å². The molecule has 5 nitrogen and oxygen atoms in total. The Kier molecular flexibility index (Phi) is 5.07. The standard InChI is InChI=1S/C19H16F3NO4/c20-19(21,22)16(9-17(24)25)23-18(26)27-10-15-13-7-3-1-5-11(13)12-6-2-4-8-14(12)15/h1-8,15-16H,9-10H2,(H,23,26)(H,24,25)/t16-/m0/s1. The lowest BCUT2D eigenvalue weighted by molar-refractivity contribution is -0.165. The Bertz CT molecular complexity index is 821. The van der Waals surface area contributed by atoms with Gasteiger partial charge in [-0.25, -0.2) is 4.79 Å². The SMILES string of the molecule is O=C(O)C[C@H](NC(=O)OCC1c2ccccc2-c2ccccc21)C(F)(F)F. The van der Waals surface area contributed by atoms with Crippen molar-refractivity contribution in [1.82, 2.24) is 5.32 Å². The highest BCUT2D eigenvalue weighted by atomic mass is 19.4. The van der Waals surface area contributed by atoms with Crippen LogP contribution in [-0.2, 0) is 9.53 Å². The van der Waals surface area contributed by atoms with Crippen molar-refractivity contribution in [3.63, 3.8) is 0 Å². The maximum Gasteiger partial charge on any atom is 0.409 e. The summed E-state index contributed by atoms with van der Waals surface area (Å²) in [6.45, 7) is -0.155. The van der Waals surface area contributed by atoms with Gasteiger partial charge < -0.3 is 15.2 Å². The fourth-order valence-electron chi connectivity index (χ4n) is 3.21. The number of carboxylic acids is 1. The molecule has 2 aromatic rings. The molecule has 2 N–H and O–H groups in total. The summed E-state index contributed by atoms with van der Waals surface area (Å²) in [4.78, 5) is 22.4. The molecule has 0 radical (unpaired) electrons. The average molecular weight is 379 g/mol. The topological polar surface area (TPSA) is 75.6 Å². The molecule has 0 saturated heterocycles. The lowest BCUT2D eigenvalue weighted by Crippen LogP contribution is -2.47. The van der Waals surface area contributed by atoms with E-state index in [0.29, 0.717) is 0 Å². The number of aliphatic carboxylic acids is 1. The number of halogens is 3. The zero-order chi connectivity index (χ0) is 19.6. The number of alkyl halides is 3.